The van der Waals surface area contributed by atoms with Crippen molar-refractivity contribution in [3.05, 3.63) is 0 Å². The predicted octanol–water partition coefficient (Wildman–Crippen LogP) is -8.29. The Labute approximate surface area is 240 Å². The van der Waals surface area contributed by atoms with E-state index in [1.807, 2.05) is 0 Å². The van der Waals surface area contributed by atoms with Crippen molar-refractivity contribution >= 4 is 11.9 Å². The Morgan fingerprint density at radius 3 is 1.49 bits per heavy atom. The minimum absolute atomic E-state index is 0.565. The maximum absolute atomic E-state index is 11.4. The van der Waals surface area contributed by atoms with E-state index in [9.17, 15) is 70.9 Å². The summed E-state index contributed by atoms with van der Waals surface area (Å²) >= 11 is 0. The molecule has 0 aromatic heterocycles. The zero-order valence-electron chi connectivity index (χ0n) is 21.8. The Balaban J connectivity index is 1.48. The lowest BCUT2D eigenvalue weighted by atomic mass is 9.98. The van der Waals surface area contributed by atoms with Crippen molar-refractivity contribution in [3.8, 4) is 0 Å². The van der Waals surface area contributed by atoms with E-state index in [1.165, 1.54) is 0 Å². The number of rotatable bonds is 8. The summed E-state index contributed by atoms with van der Waals surface area (Å²) in [6, 6.07) is 0. The van der Waals surface area contributed by atoms with Crippen LogP contribution in [0.3, 0.4) is 0 Å². The minimum Gasteiger partial charge on any atom is -0.479 e. The van der Waals surface area contributed by atoms with Crippen LogP contribution in [-0.2, 0) is 42.7 Å². The highest BCUT2D eigenvalue weighted by Crippen LogP contribution is 2.31. The molecule has 0 radical (unpaired) electrons. The van der Waals surface area contributed by atoms with Crippen LogP contribution in [0.15, 0.2) is 0 Å². The number of ether oxygens (including phenoxy) is 7. The van der Waals surface area contributed by atoms with Crippen molar-refractivity contribution in [2.45, 2.75) is 111 Å². The molecule has 248 valence electrons. The maximum atomic E-state index is 11.4. The summed E-state index contributed by atoms with van der Waals surface area (Å²) in [6.45, 7) is -1.15. The van der Waals surface area contributed by atoms with Gasteiger partial charge in [0.05, 0.1) is 13.2 Å². The van der Waals surface area contributed by atoms with Crippen LogP contribution >= 0.6 is 0 Å². The van der Waals surface area contributed by atoms with E-state index in [4.69, 9.17) is 33.2 Å². The molecular weight excluding hydrogens is 600 g/mol. The largest absolute Gasteiger partial charge is 0.479 e. The number of hydrogen-bond donors (Lipinski definition) is 12. The third-order valence-electron chi connectivity index (χ3n) is 7.38. The molecule has 21 heteroatoms. The van der Waals surface area contributed by atoms with Crippen LogP contribution in [-0.4, -0.2) is 197 Å². The highest BCUT2D eigenvalue weighted by atomic mass is 16.8. The van der Waals surface area contributed by atoms with Gasteiger partial charge in [0.15, 0.2) is 37.4 Å². The second-order valence-electron chi connectivity index (χ2n) is 10.3. The standard InChI is InChI=1S/C22H34O21/c23-3-1-38-22(16(5(3)24)43-21-12(31)8(27)10(29)14(41-21)18(34)35)39-4-2-37-19(36)15(6(4)25)42-20-11(30)7(26)9(28)13(40-20)17(32)33/h3-16,19-31,36H,1-2H2,(H,32,33)(H,34,35)/t3-,4-,5+,6+,7+,8+,9+,10+,11-,12-,13+,14+,15-,16-,19?,20-,21-,22+/m1/s1. The Morgan fingerprint density at radius 1 is 0.512 bits per heavy atom. The van der Waals surface area contributed by atoms with Crippen molar-refractivity contribution in [3.63, 3.8) is 0 Å². The van der Waals surface area contributed by atoms with Gasteiger partial charge in [-0.1, -0.05) is 0 Å². The molecule has 21 nitrogen and oxygen atoms in total. The first kappa shape index (κ1) is 34.1. The summed E-state index contributed by atoms with van der Waals surface area (Å²) in [5, 5.41) is 121. The van der Waals surface area contributed by atoms with Crippen LogP contribution in [0.2, 0.25) is 0 Å². The van der Waals surface area contributed by atoms with Gasteiger partial charge < -0.3 is 94.4 Å². The van der Waals surface area contributed by atoms with Gasteiger partial charge in [0.25, 0.3) is 0 Å². The highest BCUT2D eigenvalue weighted by molar-refractivity contribution is 5.73. The number of aliphatic hydroxyl groups is 10. The quantitative estimate of drug-likeness (QED) is 0.118. The molecule has 0 saturated carbocycles. The van der Waals surface area contributed by atoms with Crippen molar-refractivity contribution in [2.24, 2.45) is 0 Å². The molecule has 4 aliphatic rings. The molecule has 0 amide bonds. The number of aliphatic hydroxyl groups excluding tert-OH is 10. The van der Waals surface area contributed by atoms with E-state index in [-0.39, 0.29) is 0 Å². The van der Waals surface area contributed by atoms with E-state index in [0.717, 1.165) is 0 Å². The molecule has 4 heterocycles. The fourth-order valence-electron chi connectivity index (χ4n) is 4.87. The molecule has 0 aliphatic carbocycles. The monoisotopic (exact) mass is 634 g/mol. The smallest absolute Gasteiger partial charge is 0.335 e. The lowest BCUT2D eigenvalue weighted by molar-refractivity contribution is -0.378. The molecule has 0 aromatic carbocycles. The van der Waals surface area contributed by atoms with Gasteiger partial charge in [-0.2, -0.15) is 0 Å². The number of carboxylic acid groups (broad SMARTS) is 2. The highest BCUT2D eigenvalue weighted by Gasteiger charge is 2.54. The number of carboxylic acids is 2. The summed E-state index contributed by atoms with van der Waals surface area (Å²) < 4.78 is 36.8. The molecule has 4 fully saturated rings. The van der Waals surface area contributed by atoms with Crippen LogP contribution in [0, 0.1) is 0 Å². The molecule has 0 aromatic rings. The van der Waals surface area contributed by atoms with E-state index >= 15 is 0 Å². The van der Waals surface area contributed by atoms with Crippen molar-refractivity contribution < 1.29 is 104 Å². The molecule has 12 N–H and O–H groups in total. The number of carbonyl (C=O) groups is 2. The minimum atomic E-state index is -2.07. The van der Waals surface area contributed by atoms with Crippen LogP contribution in [0.1, 0.15) is 0 Å². The zero-order valence-corrected chi connectivity index (χ0v) is 21.8. The van der Waals surface area contributed by atoms with Crippen LogP contribution in [0.25, 0.3) is 0 Å². The Bertz CT molecular complexity index is 969. The normalized spacial score (nSPS) is 51.1. The van der Waals surface area contributed by atoms with Crippen molar-refractivity contribution in [2.75, 3.05) is 13.2 Å². The van der Waals surface area contributed by atoms with E-state index in [1.54, 1.807) is 0 Å². The van der Waals surface area contributed by atoms with Gasteiger partial charge in [0.2, 0.25) is 0 Å². The Morgan fingerprint density at radius 2 is 1.00 bits per heavy atom. The van der Waals surface area contributed by atoms with Gasteiger partial charge in [0.1, 0.15) is 73.2 Å². The third kappa shape index (κ3) is 6.92. The second kappa shape index (κ2) is 13.7. The van der Waals surface area contributed by atoms with Gasteiger partial charge in [0, 0.05) is 0 Å². The molecule has 4 aliphatic heterocycles. The fraction of sp³-hybridized carbons (Fsp3) is 0.909. The SMILES string of the molecule is O=C(O)[C@H]1O[C@H](O[C@H]2C(O)OC[C@@H](O[C@@H]3OC[C@@H](O)[C@H](O)[C@H]3O[C@H]3O[C@H](C(=O)O)[C@@H](O)[C@H](O)[C@H]3O)[C@@H]2O)[C@H](O)[C@@H](O)[C@@H]1O. The van der Waals surface area contributed by atoms with Crippen LogP contribution in [0.4, 0.5) is 0 Å². The van der Waals surface area contributed by atoms with Crippen molar-refractivity contribution in [1.29, 1.82) is 0 Å². The topological polar surface area (TPSA) is 342 Å². The molecular formula is C22H34O21. The molecule has 4 rings (SSSR count). The van der Waals surface area contributed by atoms with E-state index < -0.39 is 136 Å². The average Bonchev–Trinajstić information content (AvgIpc) is 2.95. The summed E-state index contributed by atoms with van der Waals surface area (Å²) in [5.41, 5.74) is 0. The fourth-order valence-corrected chi connectivity index (χ4v) is 4.87. The molecule has 43 heavy (non-hydrogen) atoms. The number of hydrogen-bond acceptors (Lipinski definition) is 19. The first-order chi connectivity index (χ1) is 20.1. The van der Waals surface area contributed by atoms with Gasteiger partial charge in [-0.25, -0.2) is 9.59 Å². The zero-order chi connectivity index (χ0) is 31.9. The third-order valence-corrected chi connectivity index (χ3v) is 7.38. The number of aliphatic carboxylic acids is 2. The van der Waals surface area contributed by atoms with E-state index in [2.05, 4.69) is 0 Å². The second-order valence-corrected chi connectivity index (χ2v) is 10.3. The van der Waals surface area contributed by atoms with E-state index in [0.29, 0.717) is 0 Å². The predicted molar refractivity (Wildman–Crippen MR) is 123 cm³/mol. The summed E-state index contributed by atoms with van der Waals surface area (Å²) in [7, 11) is 0. The molecule has 0 spiro atoms. The summed E-state index contributed by atoms with van der Waals surface area (Å²) in [4.78, 5) is 22.8. The lowest BCUT2D eigenvalue weighted by Crippen LogP contribution is -2.65. The van der Waals surface area contributed by atoms with Gasteiger partial charge in [-0.05, 0) is 0 Å². The van der Waals surface area contributed by atoms with Crippen LogP contribution < -0.4 is 0 Å². The van der Waals surface area contributed by atoms with Gasteiger partial charge in [-0.15, -0.1) is 0 Å². The molecule has 0 bridgehead atoms. The first-order valence-corrected chi connectivity index (χ1v) is 12.9. The maximum Gasteiger partial charge on any atom is 0.335 e. The van der Waals surface area contributed by atoms with Crippen LogP contribution in [0.5, 0.6) is 0 Å². The first-order valence-electron chi connectivity index (χ1n) is 12.9. The summed E-state index contributed by atoms with van der Waals surface area (Å²) in [6.07, 6.45) is -34.8. The Kier molecular flexibility index (Phi) is 10.9. The Hall–Kier alpha value is -1.74. The molecule has 1 unspecified atom stereocenters. The van der Waals surface area contributed by atoms with Crippen molar-refractivity contribution in [1.82, 2.24) is 0 Å². The lowest BCUT2D eigenvalue weighted by Gasteiger charge is -2.46. The average molecular weight is 634 g/mol. The van der Waals surface area contributed by atoms with Gasteiger partial charge >= 0.3 is 11.9 Å². The molecule has 4 saturated heterocycles. The molecule has 18 atom stereocenters. The summed E-state index contributed by atoms with van der Waals surface area (Å²) in [5.74, 6) is -3.45. The van der Waals surface area contributed by atoms with Gasteiger partial charge in [-0.3, -0.25) is 0 Å².